The van der Waals surface area contributed by atoms with Gasteiger partial charge in [-0.25, -0.2) is 0 Å². The summed E-state index contributed by atoms with van der Waals surface area (Å²) >= 11 is 0. The fourth-order valence-electron chi connectivity index (χ4n) is 3.80. The van der Waals surface area contributed by atoms with Crippen LogP contribution in [0.4, 0.5) is 11.4 Å². The summed E-state index contributed by atoms with van der Waals surface area (Å²) in [5.74, 6) is 0. The minimum absolute atomic E-state index is 0.672. The normalized spacial score (nSPS) is 21.0. The van der Waals surface area contributed by atoms with Crippen molar-refractivity contribution in [3.8, 4) is 0 Å². The van der Waals surface area contributed by atoms with Crippen LogP contribution in [0.25, 0.3) is 0 Å². The number of nitrogens with one attached hydrogen (secondary N) is 1. The predicted molar refractivity (Wildman–Crippen MR) is 94.6 cm³/mol. The number of benzene rings is 1. The topological polar surface area (TPSA) is 44.5 Å². The maximum Gasteiger partial charge on any atom is 0.0368 e. The Morgan fingerprint density at radius 3 is 2.27 bits per heavy atom. The lowest BCUT2D eigenvalue weighted by Crippen LogP contribution is -2.50. The standard InChI is InChI=1S/C18H30N4/c19-10-11-20-16-6-8-18(9-7-16)22-14-12-21(13-15-22)17-4-2-1-3-5-17/h6-9,17,20H,1-5,10-15,19H2. The number of nitrogens with zero attached hydrogens (tertiary/aromatic N) is 2. The van der Waals surface area contributed by atoms with E-state index in [0.717, 1.165) is 31.4 Å². The van der Waals surface area contributed by atoms with Gasteiger partial charge in [-0.15, -0.1) is 0 Å². The van der Waals surface area contributed by atoms with Gasteiger partial charge in [0, 0.05) is 56.7 Å². The van der Waals surface area contributed by atoms with E-state index in [9.17, 15) is 0 Å². The molecule has 3 N–H and O–H groups in total. The fraction of sp³-hybridized carbons (Fsp3) is 0.667. The van der Waals surface area contributed by atoms with Crippen LogP contribution in [0.3, 0.4) is 0 Å². The third kappa shape index (κ3) is 3.93. The molecular formula is C18H30N4. The predicted octanol–water partition coefficient (Wildman–Crippen LogP) is 2.51. The molecule has 0 spiro atoms. The summed E-state index contributed by atoms with van der Waals surface area (Å²) in [5.41, 5.74) is 8.03. The Hall–Kier alpha value is -1.26. The molecule has 0 bridgehead atoms. The van der Waals surface area contributed by atoms with Crippen molar-refractivity contribution in [2.24, 2.45) is 5.73 Å². The first-order valence-corrected chi connectivity index (χ1v) is 8.90. The van der Waals surface area contributed by atoms with Gasteiger partial charge in [0.1, 0.15) is 0 Å². The maximum absolute atomic E-state index is 5.52. The molecule has 1 aliphatic heterocycles. The van der Waals surface area contributed by atoms with E-state index in [2.05, 4.69) is 39.4 Å². The smallest absolute Gasteiger partial charge is 0.0368 e. The summed E-state index contributed by atoms with van der Waals surface area (Å²) in [7, 11) is 0. The first-order chi connectivity index (χ1) is 10.9. The van der Waals surface area contributed by atoms with Crippen molar-refractivity contribution in [2.75, 3.05) is 49.5 Å². The number of piperazine rings is 1. The van der Waals surface area contributed by atoms with Crippen LogP contribution < -0.4 is 16.0 Å². The lowest BCUT2D eigenvalue weighted by molar-refractivity contribution is 0.148. The van der Waals surface area contributed by atoms with E-state index in [1.54, 1.807) is 0 Å². The monoisotopic (exact) mass is 302 g/mol. The van der Waals surface area contributed by atoms with Gasteiger partial charge in [0.05, 0.1) is 0 Å². The van der Waals surface area contributed by atoms with Crippen LogP contribution in [0.5, 0.6) is 0 Å². The van der Waals surface area contributed by atoms with Crippen molar-refractivity contribution in [1.29, 1.82) is 0 Å². The van der Waals surface area contributed by atoms with E-state index in [0.29, 0.717) is 6.54 Å². The molecule has 3 rings (SSSR count). The molecule has 0 radical (unpaired) electrons. The minimum Gasteiger partial charge on any atom is -0.384 e. The van der Waals surface area contributed by atoms with E-state index in [-0.39, 0.29) is 0 Å². The second-order valence-corrected chi connectivity index (χ2v) is 6.58. The average Bonchev–Trinajstić information content (AvgIpc) is 2.61. The van der Waals surface area contributed by atoms with Crippen molar-refractivity contribution in [3.63, 3.8) is 0 Å². The van der Waals surface area contributed by atoms with Crippen LogP contribution in [-0.2, 0) is 0 Å². The maximum atomic E-state index is 5.52. The van der Waals surface area contributed by atoms with Crippen LogP contribution in [0.1, 0.15) is 32.1 Å². The Kier molecular flexibility index (Phi) is 5.57. The third-order valence-corrected chi connectivity index (χ3v) is 5.11. The summed E-state index contributed by atoms with van der Waals surface area (Å²) in [6.07, 6.45) is 7.15. The quantitative estimate of drug-likeness (QED) is 0.877. The lowest BCUT2D eigenvalue weighted by atomic mass is 9.94. The van der Waals surface area contributed by atoms with Crippen LogP contribution in [0, 0.1) is 0 Å². The number of hydrogen-bond acceptors (Lipinski definition) is 4. The average molecular weight is 302 g/mol. The second-order valence-electron chi connectivity index (χ2n) is 6.58. The third-order valence-electron chi connectivity index (χ3n) is 5.11. The molecule has 1 aromatic carbocycles. The molecule has 2 fully saturated rings. The zero-order valence-corrected chi connectivity index (χ0v) is 13.6. The van der Waals surface area contributed by atoms with Gasteiger partial charge in [-0.1, -0.05) is 19.3 Å². The Balaban J connectivity index is 1.50. The number of nitrogens with two attached hydrogens (primary N) is 1. The molecule has 1 aromatic rings. The highest BCUT2D eigenvalue weighted by Crippen LogP contribution is 2.25. The molecule has 122 valence electrons. The zero-order valence-electron chi connectivity index (χ0n) is 13.6. The Bertz CT molecular complexity index is 431. The van der Waals surface area contributed by atoms with Gasteiger partial charge in [-0.05, 0) is 37.1 Å². The van der Waals surface area contributed by atoms with Gasteiger partial charge in [0.25, 0.3) is 0 Å². The van der Waals surface area contributed by atoms with E-state index in [4.69, 9.17) is 5.73 Å². The Morgan fingerprint density at radius 2 is 1.64 bits per heavy atom. The molecule has 22 heavy (non-hydrogen) atoms. The van der Waals surface area contributed by atoms with E-state index >= 15 is 0 Å². The van der Waals surface area contributed by atoms with Gasteiger partial charge in [0.15, 0.2) is 0 Å². The SMILES string of the molecule is NCCNc1ccc(N2CCN(C3CCCCC3)CC2)cc1. The van der Waals surface area contributed by atoms with Crippen LogP contribution in [0.2, 0.25) is 0 Å². The minimum atomic E-state index is 0.672. The first-order valence-electron chi connectivity index (χ1n) is 8.90. The summed E-state index contributed by atoms with van der Waals surface area (Å²) in [6.45, 7) is 6.26. The molecule has 1 heterocycles. The fourth-order valence-corrected chi connectivity index (χ4v) is 3.80. The van der Waals surface area contributed by atoms with E-state index in [1.165, 1.54) is 50.9 Å². The highest BCUT2D eigenvalue weighted by Gasteiger charge is 2.25. The number of anilines is 2. The van der Waals surface area contributed by atoms with Gasteiger partial charge < -0.3 is 16.0 Å². The van der Waals surface area contributed by atoms with E-state index in [1.807, 2.05) is 0 Å². The van der Waals surface area contributed by atoms with E-state index < -0.39 is 0 Å². The second kappa shape index (κ2) is 7.84. The molecule has 1 aliphatic carbocycles. The van der Waals surface area contributed by atoms with Crippen molar-refractivity contribution in [3.05, 3.63) is 24.3 Å². The van der Waals surface area contributed by atoms with Crippen molar-refractivity contribution in [2.45, 2.75) is 38.1 Å². The van der Waals surface area contributed by atoms with Crippen LogP contribution in [0.15, 0.2) is 24.3 Å². The highest BCUT2D eigenvalue weighted by molar-refractivity contribution is 5.55. The summed E-state index contributed by atoms with van der Waals surface area (Å²) in [6, 6.07) is 9.65. The van der Waals surface area contributed by atoms with Crippen LogP contribution in [-0.4, -0.2) is 50.2 Å². The lowest BCUT2D eigenvalue weighted by Gasteiger charge is -2.41. The van der Waals surface area contributed by atoms with Gasteiger partial charge in [-0.2, -0.15) is 0 Å². The molecule has 2 aliphatic rings. The molecule has 0 aromatic heterocycles. The van der Waals surface area contributed by atoms with Crippen molar-refractivity contribution in [1.82, 2.24) is 4.90 Å². The Labute approximate surface area is 134 Å². The van der Waals surface area contributed by atoms with Gasteiger partial charge >= 0.3 is 0 Å². The zero-order chi connectivity index (χ0) is 15.2. The molecule has 1 saturated carbocycles. The van der Waals surface area contributed by atoms with Crippen molar-refractivity contribution < 1.29 is 0 Å². The summed E-state index contributed by atoms with van der Waals surface area (Å²) in [4.78, 5) is 5.25. The highest BCUT2D eigenvalue weighted by atomic mass is 15.3. The van der Waals surface area contributed by atoms with Crippen LogP contribution >= 0.6 is 0 Å². The first kappa shape index (κ1) is 15.6. The number of hydrogen-bond donors (Lipinski definition) is 2. The molecule has 4 heteroatoms. The van der Waals surface area contributed by atoms with Crippen molar-refractivity contribution >= 4 is 11.4 Å². The molecule has 4 nitrogen and oxygen atoms in total. The van der Waals surface area contributed by atoms with Gasteiger partial charge in [0.2, 0.25) is 0 Å². The summed E-state index contributed by atoms with van der Waals surface area (Å²) in [5, 5.41) is 3.32. The van der Waals surface area contributed by atoms with Gasteiger partial charge in [-0.3, -0.25) is 4.90 Å². The largest absolute Gasteiger partial charge is 0.384 e. The molecule has 0 atom stereocenters. The molecule has 1 saturated heterocycles. The summed E-state index contributed by atoms with van der Waals surface area (Å²) < 4.78 is 0. The molecular weight excluding hydrogens is 272 g/mol. The molecule has 0 amide bonds. The number of rotatable bonds is 5. The molecule has 0 unspecified atom stereocenters. The Morgan fingerprint density at radius 1 is 0.955 bits per heavy atom.